The third kappa shape index (κ3) is 4.40. The van der Waals surface area contributed by atoms with Gasteiger partial charge >= 0.3 is 11.8 Å². The number of hydrogen-bond donors (Lipinski definition) is 2. The van der Waals surface area contributed by atoms with E-state index in [1.807, 2.05) is 0 Å². The number of rotatable bonds is 5. The highest BCUT2D eigenvalue weighted by molar-refractivity contribution is 7.90. The van der Waals surface area contributed by atoms with Crippen molar-refractivity contribution in [3.05, 3.63) is 65.6 Å². The molecule has 0 atom stereocenters. The molecule has 0 saturated heterocycles. The van der Waals surface area contributed by atoms with E-state index in [0.29, 0.717) is 22.7 Å². The lowest BCUT2D eigenvalue weighted by Gasteiger charge is -2.11. The molecular formula is C20H19N5O5S. The maximum Gasteiger partial charge on any atom is 0.314 e. The summed E-state index contributed by atoms with van der Waals surface area (Å²) in [6.07, 6.45) is 3.18. The van der Waals surface area contributed by atoms with Gasteiger partial charge in [-0.25, -0.2) is 13.1 Å². The second-order valence-electron chi connectivity index (χ2n) is 6.91. The van der Waals surface area contributed by atoms with Gasteiger partial charge < -0.3 is 15.4 Å². The number of nitrogens with zero attached hydrogens (tertiary/aromatic N) is 3. The van der Waals surface area contributed by atoms with Gasteiger partial charge in [-0.05, 0) is 35.9 Å². The van der Waals surface area contributed by atoms with Crippen molar-refractivity contribution >= 4 is 27.5 Å². The number of hydrogen-bond acceptors (Lipinski definition) is 7. The number of ether oxygens (including phenoxy) is 1. The van der Waals surface area contributed by atoms with Crippen LogP contribution >= 0.6 is 0 Å². The Morgan fingerprint density at radius 2 is 1.90 bits per heavy atom. The molecule has 31 heavy (non-hydrogen) atoms. The average Bonchev–Trinajstić information content (AvgIpc) is 3.25. The summed E-state index contributed by atoms with van der Waals surface area (Å²) in [4.78, 5) is 28.8. The lowest BCUT2D eigenvalue weighted by Crippen LogP contribution is -2.35. The van der Waals surface area contributed by atoms with Crippen molar-refractivity contribution in [3.8, 4) is 11.4 Å². The summed E-state index contributed by atoms with van der Waals surface area (Å²) in [6.45, 7) is 0.129. The van der Waals surface area contributed by atoms with E-state index in [2.05, 4.69) is 20.7 Å². The van der Waals surface area contributed by atoms with Crippen molar-refractivity contribution in [2.45, 2.75) is 18.1 Å². The molecule has 2 aromatic heterocycles. The zero-order chi connectivity index (χ0) is 22.0. The number of sulfone groups is 1. The van der Waals surface area contributed by atoms with Gasteiger partial charge in [0.2, 0.25) is 0 Å². The smallest absolute Gasteiger partial charge is 0.314 e. The molecule has 0 fully saturated rings. The van der Waals surface area contributed by atoms with E-state index in [9.17, 15) is 18.0 Å². The van der Waals surface area contributed by atoms with Crippen molar-refractivity contribution in [2.75, 3.05) is 12.4 Å². The van der Waals surface area contributed by atoms with Crippen LogP contribution in [0, 0.1) is 0 Å². The average molecular weight is 441 g/mol. The van der Waals surface area contributed by atoms with Crippen molar-refractivity contribution in [1.29, 1.82) is 0 Å². The molecule has 2 amide bonds. The molecule has 0 aliphatic carbocycles. The predicted molar refractivity (Wildman–Crippen MR) is 111 cm³/mol. The summed E-state index contributed by atoms with van der Waals surface area (Å²) < 4.78 is 30.7. The molecule has 0 bridgehead atoms. The second kappa shape index (κ2) is 8.19. The predicted octanol–water partition coefficient (Wildman–Crippen LogP) is 0.959. The molecule has 0 spiro atoms. The quantitative estimate of drug-likeness (QED) is 0.564. The van der Waals surface area contributed by atoms with Crippen LogP contribution in [-0.2, 0) is 37.5 Å². The number of aromatic nitrogens is 3. The van der Waals surface area contributed by atoms with Crippen LogP contribution in [0.4, 0.5) is 5.82 Å². The molecule has 11 heteroatoms. The molecule has 2 N–H and O–H groups in total. The van der Waals surface area contributed by atoms with Crippen LogP contribution in [0.3, 0.4) is 0 Å². The minimum Gasteiger partial charge on any atom is -0.497 e. The van der Waals surface area contributed by atoms with E-state index in [1.54, 1.807) is 48.8 Å². The van der Waals surface area contributed by atoms with Gasteiger partial charge in [-0.3, -0.25) is 14.6 Å². The molecule has 0 radical (unpaired) electrons. The molecular weight excluding hydrogens is 422 g/mol. The minimum absolute atomic E-state index is 0.129. The molecule has 0 saturated carbocycles. The molecule has 1 aliphatic rings. The molecule has 0 unspecified atom stereocenters. The van der Waals surface area contributed by atoms with Crippen LogP contribution in [0.1, 0.15) is 16.8 Å². The Kier molecular flexibility index (Phi) is 5.42. The fourth-order valence-electron chi connectivity index (χ4n) is 3.21. The maximum atomic E-state index is 12.5. The molecule has 3 aromatic rings. The minimum atomic E-state index is -3.35. The highest BCUT2D eigenvalue weighted by atomic mass is 32.2. The van der Waals surface area contributed by atoms with Crippen LogP contribution in [0.25, 0.3) is 5.69 Å². The number of methoxy groups -OCH3 is 1. The number of amides is 2. The molecule has 4 rings (SSSR count). The monoisotopic (exact) mass is 441 g/mol. The van der Waals surface area contributed by atoms with Crippen molar-refractivity contribution in [1.82, 2.24) is 20.1 Å². The van der Waals surface area contributed by atoms with Crippen LogP contribution in [0.2, 0.25) is 0 Å². The van der Waals surface area contributed by atoms with Gasteiger partial charge in [0.15, 0.2) is 9.84 Å². The van der Waals surface area contributed by atoms with Crippen LogP contribution < -0.4 is 15.4 Å². The number of carbonyl (C=O) groups excluding carboxylic acids is 2. The third-order valence-corrected chi connectivity index (χ3v) is 6.16. The Morgan fingerprint density at radius 3 is 2.58 bits per heavy atom. The summed E-state index contributed by atoms with van der Waals surface area (Å²) in [6, 6.07) is 10.3. The number of pyridine rings is 1. The van der Waals surface area contributed by atoms with Crippen LogP contribution in [0.5, 0.6) is 5.75 Å². The fourth-order valence-corrected chi connectivity index (χ4v) is 4.70. The summed E-state index contributed by atoms with van der Waals surface area (Å²) in [7, 11) is -1.81. The number of benzene rings is 1. The van der Waals surface area contributed by atoms with Gasteiger partial charge in [-0.1, -0.05) is 6.07 Å². The maximum absolute atomic E-state index is 12.5. The van der Waals surface area contributed by atoms with Crippen LogP contribution in [0.15, 0.2) is 48.8 Å². The van der Waals surface area contributed by atoms with Crippen molar-refractivity contribution in [2.24, 2.45) is 0 Å². The Labute approximate surface area is 178 Å². The summed E-state index contributed by atoms with van der Waals surface area (Å²) >= 11 is 0. The lowest BCUT2D eigenvalue weighted by molar-refractivity contribution is -0.136. The van der Waals surface area contributed by atoms with Gasteiger partial charge in [0.05, 0.1) is 30.0 Å². The van der Waals surface area contributed by atoms with Crippen LogP contribution in [-0.4, -0.2) is 42.1 Å². The highest BCUT2D eigenvalue weighted by Crippen LogP contribution is 2.33. The highest BCUT2D eigenvalue weighted by Gasteiger charge is 2.33. The third-order valence-electron chi connectivity index (χ3n) is 4.72. The Bertz CT molecular complexity index is 1240. The van der Waals surface area contributed by atoms with Crippen molar-refractivity contribution < 1.29 is 22.7 Å². The molecule has 1 aromatic carbocycles. The molecule has 160 valence electrons. The summed E-state index contributed by atoms with van der Waals surface area (Å²) in [5.74, 6) is -1.48. The number of carbonyl (C=O) groups is 2. The van der Waals surface area contributed by atoms with E-state index in [1.165, 1.54) is 11.8 Å². The van der Waals surface area contributed by atoms with E-state index in [-0.39, 0.29) is 23.9 Å². The second-order valence-corrected chi connectivity index (χ2v) is 8.98. The van der Waals surface area contributed by atoms with Crippen molar-refractivity contribution in [3.63, 3.8) is 0 Å². The van der Waals surface area contributed by atoms with Gasteiger partial charge in [-0.2, -0.15) is 5.10 Å². The number of fused-ring (bicyclic) bond motifs is 1. The summed E-state index contributed by atoms with van der Waals surface area (Å²) in [5, 5.41) is 9.40. The summed E-state index contributed by atoms with van der Waals surface area (Å²) in [5.41, 5.74) is 2.05. The first-order valence-corrected chi connectivity index (χ1v) is 11.1. The largest absolute Gasteiger partial charge is 0.497 e. The topological polar surface area (TPSA) is 132 Å². The standard InChI is InChI=1S/C20H19N5O5S/c1-30-15-6-4-14(5-7-15)25-18(16-11-31(28,29)12-17(16)24-25)23-20(27)19(26)22-10-13-3-2-8-21-9-13/h2-9H,10-12H2,1H3,(H,22,26)(H,23,27). The van der Waals surface area contributed by atoms with E-state index < -0.39 is 21.7 Å². The van der Waals surface area contributed by atoms with E-state index in [4.69, 9.17) is 4.74 Å². The van der Waals surface area contributed by atoms with E-state index in [0.717, 1.165) is 5.56 Å². The van der Waals surface area contributed by atoms with Gasteiger partial charge in [0, 0.05) is 24.5 Å². The molecule has 10 nitrogen and oxygen atoms in total. The fraction of sp³-hybridized carbons (Fsp3) is 0.200. The Morgan fingerprint density at radius 1 is 1.13 bits per heavy atom. The van der Waals surface area contributed by atoms with E-state index >= 15 is 0 Å². The first-order chi connectivity index (χ1) is 14.9. The normalized spacial score (nSPS) is 14.0. The van der Waals surface area contributed by atoms with Gasteiger partial charge in [0.25, 0.3) is 0 Å². The number of anilines is 1. The van der Waals surface area contributed by atoms with Gasteiger partial charge in [-0.15, -0.1) is 0 Å². The first-order valence-electron chi connectivity index (χ1n) is 9.30. The van der Waals surface area contributed by atoms with Gasteiger partial charge in [0.1, 0.15) is 11.6 Å². The lowest BCUT2D eigenvalue weighted by atomic mass is 10.2. The first kappa shape index (κ1) is 20.5. The Balaban J connectivity index is 1.58. The zero-order valence-corrected chi connectivity index (χ0v) is 17.3. The SMILES string of the molecule is COc1ccc(-n2nc3c(c2NC(=O)C(=O)NCc2cccnc2)CS(=O)(=O)C3)cc1. The number of nitrogens with one attached hydrogen (secondary N) is 2. The Hall–Kier alpha value is -3.73. The molecule has 1 aliphatic heterocycles. The molecule has 3 heterocycles. The zero-order valence-electron chi connectivity index (χ0n) is 16.5.